The Balaban J connectivity index is 1.72. The molecule has 1 heterocycles. The lowest BCUT2D eigenvalue weighted by atomic mass is 9.96. The third-order valence-electron chi connectivity index (χ3n) is 4.51. The van der Waals surface area contributed by atoms with E-state index in [1.807, 2.05) is 37.3 Å². The van der Waals surface area contributed by atoms with Gasteiger partial charge in [0.15, 0.2) is 0 Å². The molecule has 0 radical (unpaired) electrons. The van der Waals surface area contributed by atoms with E-state index >= 15 is 0 Å². The average Bonchev–Trinajstić information content (AvgIpc) is 2.62. The van der Waals surface area contributed by atoms with Crippen molar-refractivity contribution in [3.63, 3.8) is 0 Å². The SMILES string of the molecule is CCOC(=O)C1CCN(c2cccc(-c3ccccc3F)c2)CC1. The van der Waals surface area contributed by atoms with Crippen LogP contribution in [-0.4, -0.2) is 25.7 Å². The van der Waals surface area contributed by atoms with Crippen LogP contribution in [0.3, 0.4) is 0 Å². The first kappa shape index (κ1) is 16.5. The largest absolute Gasteiger partial charge is 0.466 e. The number of ether oxygens (including phenoxy) is 1. The van der Waals surface area contributed by atoms with Crippen LogP contribution in [0.2, 0.25) is 0 Å². The Hall–Kier alpha value is -2.36. The standard InChI is InChI=1S/C20H22FNO2/c1-2-24-20(23)15-10-12-22(13-11-15)17-7-5-6-16(14-17)18-8-3-4-9-19(18)21/h3-9,14-15H,2,10-13H2,1H3. The molecule has 0 aliphatic carbocycles. The maximum absolute atomic E-state index is 14.0. The van der Waals surface area contributed by atoms with Crippen LogP contribution in [0.25, 0.3) is 11.1 Å². The molecule has 0 spiro atoms. The van der Waals surface area contributed by atoms with E-state index in [0.717, 1.165) is 37.2 Å². The van der Waals surface area contributed by atoms with Crippen LogP contribution in [0.15, 0.2) is 48.5 Å². The number of hydrogen-bond donors (Lipinski definition) is 0. The van der Waals surface area contributed by atoms with Crippen LogP contribution < -0.4 is 4.90 Å². The number of piperidine rings is 1. The second-order valence-corrected chi connectivity index (χ2v) is 6.04. The molecule has 3 rings (SSSR count). The van der Waals surface area contributed by atoms with Crippen molar-refractivity contribution in [2.75, 3.05) is 24.6 Å². The molecule has 0 N–H and O–H groups in total. The van der Waals surface area contributed by atoms with Crippen LogP contribution in [0.5, 0.6) is 0 Å². The number of carbonyl (C=O) groups is 1. The topological polar surface area (TPSA) is 29.5 Å². The van der Waals surface area contributed by atoms with Gasteiger partial charge in [0.1, 0.15) is 5.82 Å². The fraction of sp³-hybridized carbons (Fsp3) is 0.350. The highest BCUT2D eigenvalue weighted by atomic mass is 19.1. The van der Waals surface area contributed by atoms with Gasteiger partial charge in [-0.15, -0.1) is 0 Å². The summed E-state index contributed by atoms with van der Waals surface area (Å²) in [6, 6.07) is 14.7. The maximum Gasteiger partial charge on any atom is 0.309 e. The van der Waals surface area contributed by atoms with Gasteiger partial charge in [0.2, 0.25) is 0 Å². The lowest BCUT2D eigenvalue weighted by molar-refractivity contribution is -0.148. The fourth-order valence-corrected chi connectivity index (χ4v) is 3.20. The first-order valence-corrected chi connectivity index (χ1v) is 8.45. The van der Waals surface area contributed by atoms with Gasteiger partial charge in [0, 0.05) is 24.3 Å². The summed E-state index contributed by atoms with van der Waals surface area (Å²) in [5, 5.41) is 0. The Morgan fingerprint density at radius 2 is 1.92 bits per heavy atom. The minimum Gasteiger partial charge on any atom is -0.466 e. The molecule has 0 saturated carbocycles. The van der Waals surface area contributed by atoms with E-state index in [1.54, 1.807) is 12.1 Å². The van der Waals surface area contributed by atoms with Crippen molar-refractivity contribution in [2.45, 2.75) is 19.8 Å². The number of esters is 1. The number of rotatable bonds is 4. The van der Waals surface area contributed by atoms with E-state index in [4.69, 9.17) is 4.74 Å². The van der Waals surface area contributed by atoms with Crippen molar-refractivity contribution >= 4 is 11.7 Å². The van der Waals surface area contributed by atoms with Crippen molar-refractivity contribution in [3.05, 3.63) is 54.3 Å². The first-order chi connectivity index (χ1) is 11.7. The minimum absolute atomic E-state index is 0.00375. The van der Waals surface area contributed by atoms with E-state index in [0.29, 0.717) is 12.2 Å². The highest BCUT2D eigenvalue weighted by molar-refractivity contribution is 5.73. The fourth-order valence-electron chi connectivity index (χ4n) is 3.20. The summed E-state index contributed by atoms with van der Waals surface area (Å²) < 4.78 is 19.1. The molecule has 3 nitrogen and oxygen atoms in total. The van der Waals surface area contributed by atoms with Crippen molar-refractivity contribution in [2.24, 2.45) is 5.92 Å². The molecule has 0 amide bonds. The van der Waals surface area contributed by atoms with E-state index < -0.39 is 0 Å². The zero-order chi connectivity index (χ0) is 16.9. The summed E-state index contributed by atoms with van der Waals surface area (Å²) in [4.78, 5) is 14.1. The van der Waals surface area contributed by atoms with E-state index in [-0.39, 0.29) is 17.7 Å². The smallest absolute Gasteiger partial charge is 0.309 e. The molecule has 4 heteroatoms. The van der Waals surface area contributed by atoms with E-state index in [2.05, 4.69) is 4.90 Å². The van der Waals surface area contributed by atoms with Crippen LogP contribution in [0, 0.1) is 11.7 Å². The number of carbonyl (C=O) groups excluding carboxylic acids is 1. The van der Waals surface area contributed by atoms with Gasteiger partial charge in [-0.3, -0.25) is 4.79 Å². The van der Waals surface area contributed by atoms with Gasteiger partial charge in [-0.25, -0.2) is 4.39 Å². The van der Waals surface area contributed by atoms with Crippen molar-refractivity contribution < 1.29 is 13.9 Å². The van der Waals surface area contributed by atoms with E-state index in [9.17, 15) is 9.18 Å². The molecule has 0 atom stereocenters. The number of anilines is 1. The molecule has 0 aromatic heterocycles. The van der Waals surface area contributed by atoms with E-state index in [1.165, 1.54) is 6.07 Å². The summed E-state index contributed by atoms with van der Waals surface area (Å²) in [6.07, 6.45) is 1.59. The number of halogens is 1. The predicted octanol–water partition coefficient (Wildman–Crippen LogP) is 4.27. The molecule has 24 heavy (non-hydrogen) atoms. The van der Waals surface area contributed by atoms with Crippen LogP contribution in [0.4, 0.5) is 10.1 Å². The number of nitrogens with zero attached hydrogens (tertiary/aromatic N) is 1. The van der Waals surface area contributed by atoms with Gasteiger partial charge < -0.3 is 9.64 Å². The zero-order valence-electron chi connectivity index (χ0n) is 13.9. The molecule has 1 fully saturated rings. The van der Waals surface area contributed by atoms with Gasteiger partial charge in [0.05, 0.1) is 12.5 Å². The van der Waals surface area contributed by atoms with Crippen LogP contribution in [-0.2, 0) is 9.53 Å². The third kappa shape index (κ3) is 3.58. The van der Waals surface area contributed by atoms with Crippen LogP contribution >= 0.6 is 0 Å². The first-order valence-electron chi connectivity index (χ1n) is 8.45. The van der Waals surface area contributed by atoms with Crippen molar-refractivity contribution in [1.29, 1.82) is 0 Å². The summed E-state index contributed by atoms with van der Waals surface area (Å²) in [6.45, 7) is 3.89. The molecule has 2 aromatic carbocycles. The Morgan fingerprint density at radius 1 is 1.17 bits per heavy atom. The van der Waals surface area contributed by atoms with Gasteiger partial charge in [-0.2, -0.15) is 0 Å². The molecule has 1 aliphatic heterocycles. The highest BCUT2D eigenvalue weighted by Crippen LogP contribution is 2.29. The molecule has 1 saturated heterocycles. The quantitative estimate of drug-likeness (QED) is 0.785. The Morgan fingerprint density at radius 3 is 2.62 bits per heavy atom. The van der Waals surface area contributed by atoms with Crippen LogP contribution in [0.1, 0.15) is 19.8 Å². The zero-order valence-corrected chi connectivity index (χ0v) is 13.9. The van der Waals surface area contributed by atoms with Gasteiger partial charge >= 0.3 is 5.97 Å². The Kier molecular flexibility index (Phi) is 5.14. The lowest BCUT2D eigenvalue weighted by Gasteiger charge is -2.32. The molecular formula is C20H22FNO2. The second-order valence-electron chi connectivity index (χ2n) is 6.04. The highest BCUT2D eigenvalue weighted by Gasteiger charge is 2.26. The molecule has 1 aliphatic rings. The second kappa shape index (κ2) is 7.47. The molecule has 0 bridgehead atoms. The van der Waals surface area contributed by atoms with Gasteiger partial charge in [-0.05, 0) is 43.5 Å². The molecule has 0 unspecified atom stereocenters. The number of benzene rings is 2. The average molecular weight is 327 g/mol. The van der Waals surface area contributed by atoms with Gasteiger partial charge in [-0.1, -0.05) is 30.3 Å². The van der Waals surface area contributed by atoms with Gasteiger partial charge in [0.25, 0.3) is 0 Å². The number of hydrogen-bond acceptors (Lipinski definition) is 3. The normalized spacial score (nSPS) is 15.3. The molecule has 126 valence electrons. The molecular weight excluding hydrogens is 305 g/mol. The minimum atomic E-state index is -0.212. The Labute approximate surface area is 142 Å². The maximum atomic E-state index is 14.0. The summed E-state index contributed by atoms with van der Waals surface area (Å²) in [5.74, 6) is -0.302. The summed E-state index contributed by atoms with van der Waals surface area (Å²) >= 11 is 0. The summed E-state index contributed by atoms with van der Waals surface area (Å²) in [5.41, 5.74) is 2.55. The van der Waals surface area contributed by atoms with Crippen molar-refractivity contribution in [1.82, 2.24) is 0 Å². The summed E-state index contributed by atoms with van der Waals surface area (Å²) in [7, 11) is 0. The third-order valence-corrected chi connectivity index (χ3v) is 4.51. The predicted molar refractivity (Wildman–Crippen MR) is 93.4 cm³/mol. The Bertz CT molecular complexity index is 708. The van der Waals surface area contributed by atoms with Crippen molar-refractivity contribution in [3.8, 4) is 11.1 Å². The monoisotopic (exact) mass is 327 g/mol. The lowest BCUT2D eigenvalue weighted by Crippen LogP contribution is -2.36. The molecule has 2 aromatic rings.